The fraction of sp³-hybridized carbons (Fsp3) is 0. The first kappa shape index (κ1) is 29.0. The Hall–Kier alpha value is -3.99. The van der Waals surface area contributed by atoms with E-state index in [0.717, 1.165) is 0 Å². The topological polar surface area (TPSA) is 305 Å². The second-order valence-corrected chi connectivity index (χ2v) is 5.17. The molecule has 0 amide bonds. The van der Waals surface area contributed by atoms with Crippen LogP contribution in [0, 0.1) is 60.7 Å². The van der Waals surface area contributed by atoms with Crippen LogP contribution in [0.4, 0.5) is 34.1 Å². The average Bonchev–Trinajstić information content (AvgIpc) is 2.67. The maximum absolute atomic E-state index is 11.1. The van der Waals surface area contributed by atoms with Gasteiger partial charge in [-0.2, -0.15) is 0 Å². The van der Waals surface area contributed by atoms with Gasteiger partial charge in [0.2, 0.25) is 0 Å². The number of hydrogen-bond acceptors (Lipinski definition) is 14. The molecule has 0 saturated carbocycles. The Bertz CT molecular complexity index is 1020. The van der Waals surface area contributed by atoms with Crippen LogP contribution in [0.1, 0.15) is 0 Å². The molecule has 0 aliphatic carbocycles. The maximum atomic E-state index is 11.1. The van der Waals surface area contributed by atoms with Gasteiger partial charge in [0.15, 0.2) is 0 Å². The number of nitro benzene ring substituents is 6. The van der Waals surface area contributed by atoms with Gasteiger partial charge >= 0.3 is 48.9 Å². The molecule has 0 spiro atoms. The van der Waals surface area contributed by atoms with Gasteiger partial charge in [-0.1, -0.05) is 0 Å². The van der Waals surface area contributed by atoms with Gasteiger partial charge < -0.3 is 10.2 Å². The summed E-state index contributed by atoms with van der Waals surface area (Å²) in [6.45, 7) is 0. The van der Waals surface area contributed by atoms with Crippen molar-refractivity contribution in [2.75, 3.05) is 0 Å². The van der Waals surface area contributed by atoms with Crippen LogP contribution in [0.2, 0.25) is 0 Å². The fourth-order valence-electron chi connectivity index (χ4n) is 1.92. The number of benzene rings is 2. The summed E-state index contributed by atoms with van der Waals surface area (Å²) in [4.78, 5) is 55.0. The molecule has 168 valence electrons. The molecule has 21 heteroatoms. The van der Waals surface area contributed by atoms with E-state index in [1.54, 1.807) is 0 Å². The quantitative estimate of drug-likeness (QED) is 0.251. The van der Waals surface area contributed by atoms with Crippen molar-refractivity contribution in [3.8, 4) is 11.5 Å². The molecule has 2 aromatic carbocycles. The van der Waals surface area contributed by atoms with Gasteiger partial charge in [0.1, 0.15) is 0 Å². The van der Waals surface area contributed by atoms with Crippen molar-refractivity contribution in [3.63, 3.8) is 0 Å². The van der Waals surface area contributed by atoms with E-state index in [2.05, 4.69) is 0 Å². The maximum Gasteiger partial charge on any atom is 2.00 e. The van der Waals surface area contributed by atoms with Crippen LogP contribution in [-0.2, 0) is 0 Å². The molecule has 0 heterocycles. The molecule has 0 saturated heterocycles. The predicted octanol–water partition coefficient (Wildman–Crippen LogP) is 0.589. The Morgan fingerprint density at radius 3 is 0.727 bits per heavy atom. The van der Waals surface area contributed by atoms with E-state index in [-0.39, 0.29) is 48.9 Å². The van der Waals surface area contributed by atoms with Gasteiger partial charge in [-0.25, -0.2) is 0 Å². The Morgan fingerprint density at radius 1 is 0.424 bits per heavy atom. The predicted molar refractivity (Wildman–Crippen MR) is 97.5 cm³/mol. The molecule has 0 aliphatic heterocycles. The van der Waals surface area contributed by atoms with E-state index in [4.69, 9.17) is 0 Å². The minimum atomic E-state index is -1.46. The first-order chi connectivity index (χ1) is 14.7. The zero-order valence-corrected chi connectivity index (χ0v) is 19.9. The summed E-state index contributed by atoms with van der Waals surface area (Å²) in [6, 6.07) is 1.54. The molecule has 0 aliphatic rings. The van der Waals surface area contributed by atoms with E-state index < -0.39 is 75.2 Å². The van der Waals surface area contributed by atoms with Crippen molar-refractivity contribution in [2.24, 2.45) is 0 Å². The van der Waals surface area contributed by atoms with Gasteiger partial charge in [-0.15, -0.1) is 0 Å². The van der Waals surface area contributed by atoms with Crippen LogP contribution in [0.3, 0.4) is 0 Å². The third-order valence-electron chi connectivity index (χ3n) is 3.28. The van der Waals surface area contributed by atoms with Crippen LogP contribution >= 0.6 is 0 Å². The van der Waals surface area contributed by atoms with E-state index in [9.17, 15) is 70.9 Å². The molecule has 0 unspecified atom stereocenters. The minimum Gasteiger partial charge on any atom is -0.863 e. The molecule has 0 fully saturated rings. The Kier molecular flexibility index (Phi) is 10.2. The smallest absolute Gasteiger partial charge is 0.863 e. The van der Waals surface area contributed by atoms with Crippen LogP contribution in [0.25, 0.3) is 0 Å². The summed E-state index contributed by atoms with van der Waals surface area (Å²) >= 11 is 0. The van der Waals surface area contributed by atoms with Crippen LogP contribution in [-0.4, -0.2) is 78.4 Å². The van der Waals surface area contributed by atoms with Gasteiger partial charge in [0.05, 0.1) is 65.3 Å². The van der Waals surface area contributed by atoms with Gasteiger partial charge in [-0.3, -0.25) is 60.7 Å². The van der Waals surface area contributed by atoms with E-state index >= 15 is 0 Å². The largest absolute Gasteiger partial charge is 2.00 e. The summed E-state index contributed by atoms with van der Waals surface area (Å²) in [5.41, 5.74) is -6.53. The number of non-ortho nitro benzene ring substituents is 2. The summed E-state index contributed by atoms with van der Waals surface area (Å²) < 4.78 is 0. The third-order valence-corrected chi connectivity index (χ3v) is 3.28. The van der Waals surface area contributed by atoms with Gasteiger partial charge in [0.25, 0.3) is 34.1 Å². The molecule has 0 atom stereocenters. The second kappa shape index (κ2) is 11.6. The molecule has 2 aromatic rings. The number of nitro groups is 6. The Balaban J connectivity index is 0.000000602. The van der Waals surface area contributed by atoms with Crippen molar-refractivity contribution in [2.45, 2.75) is 0 Å². The summed E-state index contributed by atoms with van der Waals surface area (Å²) in [7, 11) is 0. The SMILES string of the molecule is O=[N+]([O-])c1cc([N+](=O)[O-])c([O-])c([N+](=O)[O-])c1.O=[N+]([O-])c1cc([N+](=O)[O-])c([O-])c([N+](=O)[O-])c1.[Ba+2]. The van der Waals surface area contributed by atoms with Crippen LogP contribution in [0.5, 0.6) is 11.5 Å². The van der Waals surface area contributed by atoms with E-state index in [1.165, 1.54) is 0 Å². The van der Waals surface area contributed by atoms with Gasteiger partial charge in [0, 0.05) is 0 Å². The van der Waals surface area contributed by atoms with E-state index in [0.29, 0.717) is 24.3 Å². The monoisotopic (exact) mass is 594 g/mol. The molecule has 2 rings (SSSR count). The number of hydrogen-bond donors (Lipinski definition) is 0. The normalized spacial score (nSPS) is 9.45. The second-order valence-electron chi connectivity index (χ2n) is 5.17. The first-order valence-corrected chi connectivity index (χ1v) is 7.25. The molecule has 33 heavy (non-hydrogen) atoms. The van der Waals surface area contributed by atoms with Crippen LogP contribution in [0.15, 0.2) is 24.3 Å². The van der Waals surface area contributed by atoms with Crippen LogP contribution < -0.4 is 10.2 Å². The summed E-state index contributed by atoms with van der Waals surface area (Å²) in [6.07, 6.45) is 0. The Morgan fingerprint density at radius 2 is 0.606 bits per heavy atom. The van der Waals surface area contributed by atoms with Crippen molar-refractivity contribution in [1.29, 1.82) is 0 Å². The van der Waals surface area contributed by atoms with Crippen molar-refractivity contribution in [1.82, 2.24) is 0 Å². The van der Waals surface area contributed by atoms with E-state index in [1.807, 2.05) is 0 Å². The molecule has 0 radical (unpaired) electrons. The summed E-state index contributed by atoms with van der Waals surface area (Å²) in [5.74, 6) is -2.92. The van der Waals surface area contributed by atoms with Crippen molar-refractivity contribution >= 4 is 83.0 Å². The average molecular weight is 594 g/mol. The number of rotatable bonds is 6. The van der Waals surface area contributed by atoms with Gasteiger partial charge in [-0.05, 0) is 0 Å². The molecule has 0 aromatic heterocycles. The first-order valence-electron chi connectivity index (χ1n) is 7.25. The molecule has 20 nitrogen and oxygen atoms in total. The minimum absolute atomic E-state index is 0. The van der Waals surface area contributed by atoms with Crippen molar-refractivity contribution in [3.05, 3.63) is 85.0 Å². The molecular formula is C12H4BaN6O14. The summed E-state index contributed by atoms with van der Waals surface area (Å²) in [5, 5.41) is 84.2. The Labute approximate surface area is 218 Å². The zero-order chi connectivity index (χ0) is 24.9. The number of nitrogens with zero attached hydrogens (tertiary/aromatic N) is 6. The fourth-order valence-corrected chi connectivity index (χ4v) is 1.92. The standard InChI is InChI=1S/2C6H3N3O7.Ba/c2*10-6-4(8(13)14)1-3(7(11)12)2-5(6)9(15)16;/h2*1-2,10H;/q;;+2/p-2. The zero-order valence-electron chi connectivity index (χ0n) is 15.4. The molecule has 0 N–H and O–H groups in total. The van der Waals surface area contributed by atoms with Crippen molar-refractivity contribution < 1.29 is 39.8 Å². The molecular weight excluding hydrogens is 589 g/mol. The molecule has 0 bridgehead atoms. The third kappa shape index (κ3) is 7.01.